The zero-order valence-electron chi connectivity index (χ0n) is 15.8. The Morgan fingerprint density at radius 3 is 2.67 bits per heavy atom. The quantitative estimate of drug-likeness (QED) is 0.515. The molecule has 0 unspecified atom stereocenters. The number of hydrogen-bond donors (Lipinski definition) is 0. The van der Waals surface area contributed by atoms with E-state index in [0.717, 1.165) is 5.56 Å². The van der Waals surface area contributed by atoms with E-state index in [1.54, 1.807) is 18.2 Å². The smallest absolute Gasteiger partial charge is 0.331 e. The van der Waals surface area contributed by atoms with Gasteiger partial charge in [0.1, 0.15) is 5.75 Å². The number of rotatable bonds is 7. The van der Waals surface area contributed by atoms with Crippen LogP contribution >= 0.6 is 0 Å². The fourth-order valence-electron chi connectivity index (χ4n) is 2.87. The highest BCUT2D eigenvalue weighted by Crippen LogP contribution is 2.20. The number of para-hydroxylation sites is 1. The van der Waals surface area contributed by atoms with E-state index >= 15 is 0 Å². The number of carbonyl (C=O) groups excluding carboxylic acids is 2. The van der Waals surface area contributed by atoms with Crippen LogP contribution in [0, 0.1) is 0 Å². The summed E-state index contributed by atoms with van der Waals surface area (Å²) in [6.07, 6.45) is 2.20. The molecule has 2 rings (SSSR count). The third-order valence-corrected chi connectivity index (χ3v) is 6.11. The molecule has 2 atom stereocenters. The second kappa shape index (κ2) is 9.03. The average molecular weight is 395 g/mol. The molecule has 0 saturated carbocycles. The highest BCUT2D eigenvalue weighted by molar-refractivity contribution is 7.91. The van der Waals surface area contributed by atoms with E-state index in [9.17, 15) is 18.0 Å². The second-order valence-electron chi connectivity index (χ2n) is 6.39. The molecule has 0 radical (unpaired) electrons. The maximum atomic E-state index is 12.4. The zero-order chi connectivity index (χ0) is 20.0. The van der Waals surface area contributed by atoms with Crippen molar-refractivity contribution in [2.45, 2.75) is 32.4 Å². The van der Waals surface area contributed by atoms with Gasteiger partial charge in [0, 0.05) is 24.7 Å². The lowest BCUT2D eigenvalue weighted by atomic mass is 10.2. The minimum Gasteiger partial charge on any atom is -0.493 e. The molecule has 1 aliphatic heterocycles. The van der Waals surface area contributed by atoms with Crippen LogP contribution in [0.1, 0.15) is 25.8 Å². The Hall–Kier alpha value is -2.35. The van der Waals surface area contributed by atoms with Crippen molar-refractivity contribution < 1.29 is 27.5 Å². The molecule has 0 aliphatic carbocycles. The molecule has 1 aromatic rings. The molecular formula is C19H25NO6S. The van der Waals surface area contributed by atoms with Crippen LogP contribution in [-0.4, -0.2) is 62.5 Å². The predicted octanol–water partition coefficient (Wildman–Crippen LogP) is 1.68. The number of nitrogens with zero attached hydrogens (tertiary/aromatic N) is 1. The van der Waals surface area contributed by atoms with Gasteiger partial charge >= 0.3 is 5.97 Å². The number of likely N-dealkylation sites (N-methyl/N-ethyl adjacent to an activating group) is 1. The Labute approximate surface area is 159 Å². The van der Waals surface area contributed by atoms with Gasteiger partial charge in [0.2, 0.25) is 0 Å². The molecular weight excluding hydrogens is 370 g/mol. The summed E-state index contributed by atoms with van der Waals surface area (Å²) < 4.78 is 33.8. The summed E-state index contributed by atoms with van der Waals surface area (Å²) in [5, 5.41) is 0. The van der Waals surface area contributed by atoms with Crippen LogP contribution in [0.5, 0.6) is 5.75 Å². The van der Waals surface area contributed by atoms with E-state index in [-0.39, 0.29) is 17.5 Å². The first-order valence-corrected chi connectivity index (χ1v) is 10.6. The molecule has 1 aliphatic rings. The maximum absolute atomic E-state index is 12.4. The first-order valence-electron chi connectivity index (χ1n) is 8.81. The van der Waals surface area contributed by atoms with Crippen molar-refractivity contribution in [3.05, 3.63) is 35.9 Å². The van der Waals surface area contributed by atoms with Crippen molar-refractivity contribution >= 4 is 27.8 Å². The van der Waals surface area contributed by atoms with Gasteiger partial charge in [0.15, 0.2) is 15.9 Å². The molecule has 27 heavy (non-hydrogen) atoms. The lowest BCUT2D eigenvalue weighted by Crippen LogP contribution is -2.44. The largest absolute Gasteiger partial charge is 0.493 e. The predicted molar refractivity (Wildman–Crippen MR) is 102 cm³/mol. The van der Waals surface area contributed by atoms with Crippen LogP contribution in [-0.2, 0) is 24.2 Å². The second-order valence-corrected chi connectivity index (χ2v) is 8.62. The van der Waals surface area contributed by atoms with Crippen LogP contribution in [0.15, 0.2) is 30.3 Å². The molecule has 1 fully saturated rings. The van der Waals surface area contributed by atoms with Gasteiger partial charge < -0.3 is 14.4 Å². The Kier molecular flexibility index (Phi) is 7.01. The third kappa shape index (κ3) is 5.82. The van der Waals surface area contributed by atoms with E-state index < -0.39 is 27.8 Å². The monoisotopic (exact) mass is 395 g/mol. The lowest BCUT2D eigenvalue weighted by Gasteiger charge is -2.26. The average Bonchev–Trinajstić information content (AvgIpc) is 2.99. The molecule has 8 heteroatoms. The Balaban J connectivity index is 1.94. The number of benzene rings is 1. The highest BCUT2D eigenvalue weighted by Gasteiger charge is 2.34. The lowest BCUT2D eigenvalue weighted by molar-refractivity contribution is -0.155. The van der Waals surface area contributed by atoms with Gasteiger partial charge in [-0.05, 0) is 32.4 Å². The third-order valence-electron chi connectivity index (χ3n) is 4.36. The Morgan fingerprint density at radius 2 is 2.04 bits per heavy atom. The number of esters is 1. The van der Waals surface area contributed by atoms with Crippen LogP contribution in [0.25, 0.3) is 6.08 Å². The van der Waals surface area contributed by atoms with E-state index in [0.29, 0.717) is 18.8 Å². The van der Waals surface area contributed by atoms with E-state index in [2.05, 4.69) is 0 Å². The summed E-state index contributed by atoms with van der Waals surface area (Å²) in [5.74, 6) is -0.409. The number of hydrogen-bond acceptors (Lipinski definition) is 6. The minimum atomic E-state index is -3.10. The van der Waals surface area contributed by atoms with E-state index in [1.165, 1.54) is 24.9 Å². The number of ether oxygens (including phenoxy) is 2. The molecule has 148 valence electrons. The van der Waals surface area contributed by atoms with Gasteiger partial charge in [-0.25, -0.2) is 13.2 Å². The topological polar surface area (TPSA) is 90.0 Å². The minimum absolute atomic E-state index is 0.0516. The standard InChI is InChI=1S/C19H25NO6S/c1-4-25-17-8-6-5-7-15(17)9-10-18(21)26-14(2)19(22)20(3)16-11-12-27(23,24)13-16/h5-10,14,16H,4,11-13H2,1-3H3/b10-9+/t14-,16+/m1/s1. The summed E-state index contributed by atoms with van der Waals surface area (Å²) in [6.45, 7) is 3.85. The summed E-state index contributed by atoms with van der Waals surface area (Å²) in [4.78, 5) is 25.8. The molecule has 1 saturated heterocycles. The number of sulfone groups is 1. The highest BCUT2D eigenvalue weighted by atomic mass is 32.2. The maximum Gasteiger partial charge on any atom is 0.331 e. The molecule has 0 spiro atoms. The van der Waals surface area contributed by atoms with Crippen LogP contribution in [0.4, 0.5) is 0 Å². The van der Waals surface area contributed by atoms with Gasteiger partial charge in [-0.2, -0.15) is 0 Å². The van der Waals surface area contributed by atoms with E-state index in [1.807, 2.05) is 19.1 Å². The van der Waals surface area contributed by atoms with Crippen molar-refractivity contribution in [2.75, 3.05) is 25.2 Å². The van der Waals surface area contributed by atoms with Crippen molar-refractivity contribution in [1.82, 2.24) is 4.90 Å². The Morgan fingerprint density at radius 1 is 1.33 bits per heavy atom. The molecule has 0 N–H and O–H groups in total. The SMILES string of the molecule is CCOc1ccccc1/C=C/C(=O)O[C@H](C)C(=O)N(C)[C@H]1CCS(=O)(=O)C1. The fraction of sp³-hybridized carbons (Fsp3) is 0.474. The van der Waals surface area contributed by atoms with Crippen molar-refractivity contribution in [3.8, 4) is 5.75 Å². The summed E-state index contributed by atoms with van der Waals surface area (Å²) >= 11 is 0. The van der Waals surface area contributed by atoms with Crippen molar-refractivity contribution in [3.63, 3.8) is 0 Å². The van der Waals surface area contributed by atoms with Crippen LogP contribution in [0.3, 0.4) is 0 Å². The molecule has 7 nitrogen and oxygen atoms in total. The van der Waals surface area contributed by atoms with E-state index in [4.69, 9.17) is 9.47 Å². The van der Waals surface area contributed by atoms with Gasteiger partial charge in [-0.1, -0.05) is 18.2 Å². The van der Waals surface area contributed by atoms with Crippen molar-refractivity contribution in [1.29, 1.82) is 0 Å². The van der Waals surface area contributed by atoms with Gasteiger partial charge in [0.25, 0.3) is 5.91 Å². The zero-order valence-corrected chi connectivity index (χ0v) is 16.6. The fourth-order valence-corrected chi connectivity index (χ4v) is 4.65. The molecule has 0 aromatic heterocycles. The Bertz CT molecular complexity index is 817. The first-order chi connectivity index (χ1) is 12.7. The van der Waals surface area contributed by atoms with Gasteiger partial charge in [-0.15, -0.1) is 0 Å². The summed E-state index contributed by atoms with van der Waals surface area (Å²) in [7, 11) is -1.56. The molecule has 1 heterocycles. The molecule has 1 aromatic carbocycles. The van der Waals surface area contributed by atoms with Crippen LogP contribution in [0.2, 0.25) is 0 Å². The van der Waals surface area contributed by atoms with Gasteiger partial charge in [-0.3, -0.25) is 4.79 Å². The summed E-state index contributed by atoms with van der Waals surface area (Å²) in [5.41, 5.74) is 0.726. The van der Waals surface area contributed by atoms with Crippen molar-refractivity contribution in [2.24, 2.45) is 0 Å². The molecule has 1 amide bonds. The summed E-state index contributed by atoms with van der Waals surface area (Å²) in [6, 6.07) is 6.88. The normalized spacial score (nSPS) is 19.6. The molecule has 0 bridgehead atoms. The number of amides is 1. The van der Waals surface area contributed by atoms with Gasteiger partial charge in [0.05, 0.1) is 18.1 Å². The van der Waals surface area contributed by atoms with Crippen LogP contribution < -0.4 is 4.74 Å². The number of carbonyl (C=O) groups is 2. The first kappa shape index (κ1) is 21.0.